The highest BCUT2D eigenvalue weighted by atomic mass is 16.4. The quantitative estimate of drug-likeness (QED) is 0.610. The monoisotopic (exact) mass is 181 g/mol. The number of rotatable bonds is 6. The van der Waals surface area contributed by atoms with Gasteiger partial charge >= 0.3 is 5.97 Å². The van der Waals surface area contributed by atoms with Crippen LogP contribution in [0.1, 0.15) is 12.8 Å². The van der Waals surface area contributed by atoms with E-state index in [2.05, 4.69) is 13.2 Å². The second-order valence-electron chi connectivity index (χ2n) is 2.75. The van der Waals surface area contributed by atoms with Crippen molar-refractivity contribution in [1.82, 2.24) is 0 Å². The Morgan fingerprint density at radius 3 is 2.23 bits per heavy atom. The van der Waals surface area contributed by atoms with Gasteiger partial charge in [-0.15, -0.1) is 0 Å². The lowest BCUT2D eigenvalue weighted by Gasteiger charge is -1.96. The Balaban J connectivity index is 3.80. The number of allylic oxidation sites excluding steroid dienone is 2. The van der Waals surface area contributed by atoms with Gasteiger partial charge in [-0.3, -0.25) is 4.79 Å². The van der Waals surface area contributed by atoms with E-state index < -0.39 is 5.97 Å². The zero-order valence-corrected chi connectivity index (χ0v) is 7.62. The number of hydrogen-bond donors (Lipinski definition) is 2. The first kappa shape index (κ1) is 11.6. The van der Waals surface area contributed by atoms with Crippen molar-refractivity contribution in [3.05, 3.63) is 36.5 Å². The molecule has 0 spiro atoms. The van der Waals surface area contributed by atoms with Gasteiger partial charge in [0, 0.05) is 13.0 Å². The van der Waals surface area contributed by atoms with E-state index in [1.807, 2.05) is 0 Å². The molecule has 0 aromatic rings. The van der Waals surface area contributed by atoms with E-state index in [4.69, 9.17) is 10.8 Å². The Labute approximate surface area is 78.3 Å². The second-order valence-corrected chi connectivity index (χ2v) is 2.75. The van der Waals surface area contributed by atoms with Crippen LogP contribution in [0.4, 0.5) is 0 Å². The largest absolute Gasteiger partial charge is 0.481 e. The summed E-state index contributed by atoms with van der Waals surface area (Å²) in [7, 11) is 0. The number of carbonyl (C=O) groups is 1. The minimum atomic E-state index is -0.813. The van der Waals surface area contributed by atoms with Gasteiger partial charge in [-0.25, -0.2) is 0 Å². The maximum Gasteiger partial charge on any atom is 0.303 e. The molecular weight excluding hydrogens is 166 g/mol. The third-order valence-corrected chi connectivity index (χ3v) is 1.48. The van der Waals surface area contributed by atoms with Crippen LogP contribution in [0, 0.1) is 0 Å². The standard InChI is InChI=1S/C10H15NO2/c1-8(5-6-10(12)13)3-4-9(2)7-11/h3-4H,1-2,5-7,11H2,(H,12,13)/b4-3-. The van der Waals surface area contributed by atoms with E-state index in [1.54, 1.807) is 12.2 Å². The lowest BCUT2D eigenvalue weighted by atomic mass is 10.1. The number of aliphatic carboxylic acids is 1. The molecule has 0 fully saturated rings. The Kier molecular flexibility index (Phi) is 5.55. The van der Waals surface area contributed by atoms with Crippen LogP contribution in [0.5, 0.6) is 0 Å². The summed E-state index contributed by atoms with van der Waals surface area (Å²) in [6.07, 6.45) is 4.07. The summed E-state index contributed by atoms with van der Waals surface area (Å²) in [6.45, 7) is 7.78. The van der Waals surface area contributed by atoms with Crippen LogP contribution in [0.25, 0.3) is 0 Å². The summed E-state index contributed by atoms with van der Waals surface area (Å²) in [6, 6.07) is 0. The molecule has 0 unspecified atom stereocenters. The van der Waals surface area contributed by atoms with Gasteiger partial charge in [0.1, 0.15) is 0 Å². The third-order valence-electron chi connectivity index (χ3n) is 1.48. The molecule has 3 nitrogen and oxygen atoms in total. The van der Waals surface area contributed by atoms with Gasteiger partial charge < -0.3 is 10.8 Å². The Morgan fingerprint density at radius 2 is 1.77 bits per heavy atom. The molecule has 3 heteroatoms. The molecule has 0 aromatic carbocycles. The molecule has 0 amide bonds. The third kappa shape index (κ3) is 7.03. The summed E-state index contributed by atoms with van der Waals surface area (Å²) in [5.41, 5.74) is 6.88. The van der Waals surface area contributed by atoms with E-state index in [0.717, 1.165) is 11.1 Å². The van der Waals surface area contributed by atoms with E-state index >= 15 is 0 Å². The lowest BCUT2D eigenvalue weighted by molar-refractivity contribution is -0.136. The molecule has 0 heterocycles. The topological polar surface area (TPSA) is 63.3 Å². The van der Waals surface area contributed by atoms with Crippen LogP contribution in [0.2, 0.25) is 0 Å². The van der Waals surface area contributed by atoms with Crippen molar-refractivity contribution in [1.29, 1.82) is 0 Å². The van der Waals surface area contributed by atoms with Crippen LogP contribution in [-0.2, 0) is 4.79 Å². The molecule has 0 aliphatic rings. The first-order valence-electron chi connectivity index (χ1n) is 4.01. The van der Waals surface area contributed by atoms with Crippen molar-refractivity contribution in [2.45, 2.75) is 12.8 Å². The van der Waals surface area contributed by atoms with Gasteiger partial charge in [0.25, 0.3) is 0 Å². The number of carboxylic acid groups (broad SMARTS) is 1. The smallest absolute Gasteiger partial charge is 0.303 e. The fourth-order valence-corrected chi connectivity index (χ4v) is 0.655. The molecule has 0 saturated heterocycles. The summed E-state index contributed by atoms with van der Waals surface area (Å²) < 4.78 is 0. The van der Waals surface area contributed by atoms with Crippen molar-refractivity contribution < 1.29 is 9.90 Å². The molecule has 0 bridgehead atoms. The van der Waals surface area contributed by atoms with Crippen LogP contribution >= 0.6 is 0 Å². The molecule has 0 rings (SSSR count). The molecule has 0 aliphatic carbocycles. The van der Waals surface area contributed by atoms with Crippen LogP contribution in [-0.4, -0.2) is 17.6 Å². The van der Waals surface area contributed by atoms with Gasteiger partial charge in [-0.2, -0.15) is 0 Å². The minimum absolute atomic E-state index is 0.109. The Hall–Kier alpha value is -1.35. The Bertz CT molecular complexity index is 241. The number of hydrogen-bond acceptors (Lipinski definition) is 2. The first-order chi connectivity index (χ1) is 6.06. The molecule has 72 valence electrons. The van der Waals surface area contributed by atoms with Crippen LogP contribution in [0.3, 0.4) is 0 Å². The molecule has 0 aliphatic heterocycles. The lowest BCUT2D eigenvalue weighted by Crippen LogP contribution is -1.99. The summed E-state index contributed by atoms with van der Waals surface area (Å²) >= 11 is 0. The van der Waals surface area contributed by atoms with E-state index in [1.165, 1.54) is 0 Å². The summed E-state index contributed by atoms with van der Waals surface area (Å²) in [4.78, 5) is 10.2. The summed E-state index contributed by atoms with van der Waals surface area (Å²) in [5, 5.41) is 8.38. The van der Waals surface area contributed by atoms with E-state index in [-0.39, 0.29) is 6.42 Å². The average Bonchev–Trinajstić information content (AvgIpc) is 2.10. The number of carboxylic acids is 1. The molecule has 0 atom stereocenters. The number of nitrogens with two attached hydrogens (primary N) is 1. The highest BCUT2D eigenvalue weighted by molar-refractivity contribution is 5.67. The molecule has 13 heavy (non-hydrogen) atoms. The Morgan fingerprint density at radius 1 is 1.23 bits per heavy atom. The van der Waals surface area contributed by atoms with Gasteiger partial charge in [0.15, 0.2) is 0 Å². The maximum absolute atomic E-state index is 10.2. The van der Waals surface area contributed by atoms with Gasteiger partial charge in [-0.05, 0) is 12.0 Å². The molecule has 3 N–H and O–H groups in total. The highest BCUT2D eigenvalue weighted by Gasteiger charge is 1.96. The zero-order chi connectivity index (χ0) is 10.3. The second kappa shape index (κ2) is 6.20. The first-order valence-corrected chi connectivity index (χ1v) is 4.01. The zero-order valence-electron chi connectivity index (χ0n) is 7.62. The normalized spacial score (nSPS) is 10.2. The summed E-state index contributed by atoms with van der Waals surface area (Å²) in [5.74, 6) is -0.813. The van der Waals surface area contributed by atoms with Crippen molar-refractivity contribution in [3.8, 4) is 0 Å². The molecule has 0 saturated carbocycles. The SMILES string of the molecule is C=C(/C=C\C(=C)CCC(=O)O)CN. The van der Waals surface area contributed by atoms with Gasteiger partial charge in [0.05, 0.1) is 0 Å². The fraction of sp³-hybridized carbons (Fsp3) is 0.300. The van der Waals surface area contributed by atoms with Gasteiger partial charge in [0.2, 0.25) is 0 Å². The van der Waals surface area contributed by atoms with Crippen LogP contribution < -0.4 is 5.73 Å². The van der Waals surface area contributed by atoms with Gasteiger partial charge in [-0.1, -0.05) is 30.9 Å². The fourth-order valence-electron chi connectivity index (χ4n) is 0.655. The van der Waals surface area contributed by atoms with Crippen molar-refractivity contribution in [2.24, 2.45) is 5.73 Å². The minimum Gasteiger partial charge on any atom is -0.481 e. The predicted octanol–water partition coefficient (Wildman–Crippen LogP) is 1.48. The van der Waals surface area contributed by atoms with Crippen LogP contribution in [0.15, 0.2) is 36.5 Å². The maximum atomic E-state index is 10.2. The molecule has 0 radical (unpaired) electrons. The van der Waals surface area contributed by atoms with E-state index in [9.17, 15) is 4.79 Å². The molecule has 0 aromatic heterocycles. The molecular formula is C10H15NO2. The average molecular weight is 181 g/mol. The highest BCUT2D eigenvalue weighted by Crippen LogP contribution is 2.05. The van der Waals surface area contributed by atoms with E-state index in [0.29, 0.717) is 13.0 Å². The van der Waals surface area contributed by atoms with Crippen molar-refractivity contribution in [2.75, 3.05) is 6.54 Å². The van der Waals surface area contributed by atoms with Crippen molar-refractivity contribution in [3.63, 3.8) is 0 Å². The van der Waals surface area contributed by atoms with Crippen molar-refractivity contribution >= 4 is 5.97 Å². The predicted molar refractivity (Wildman–Crippen MR) is 53.3 cm³/mol.